The number of alkyl halides is 3. The summed E-state index contributed by atoms with van der Waals surface area (Å²) in [5.41, 5.74) is -0.749. The van der Waals surface area contributed by atoms with Crippen molar-refractivity contribution in [3.8, 4) is 5.75 Å². The molecule has 1 aliphatic heterocycles. The van der Waals surface area contributed by atoms with Crippen LogP contribution in [-0.2, 0) is 6.18 Å². The van der Waals surface area contributed by atoms with Crippen molar-refractivity contribution < 1.29 is 23.0 Å². The molecule has 2 heterocycles. The maximum atomic E-state index is 12.7. The lowest BCUT2D eigenvalue weighted by Gasteiger charge is -2.24. The number of aromatic nitrogens is 1. The second kappa shape index (κ2) is 9.65. The van der Waals surface area contributed by atoms with Gasteiger partial charge in [0, 0.05) is 37.4 Å². The number of benzene rings is 1. The standard InChI is InChI=1S/C20H23ClF3N3O2/c21-16-3-5-18(6-4-16)29-14-17(28)13-26-8-1-9-27(11-10-26)19-7-2-15(12-25-19)20(22,23)24/h2-7,12,17,28H,1,8-11,13-14H2. The Kier molecular flexibility index (Phi) is 7.21. The second-order valence-corrected chi connectivity index (χ2v) is 7.40. The van der Waals surface area contributed by atoms with Crippen LogP contribution in [0.1, 0.15) is 12.0 Å². The molecule has 1 aromatic heterocycles. The second-order valence-electron chi connectivity index (χ2n) is 6.96. The van der Waals surface area contributed by atoms with E-state index in [1.807, 2.05) is 4.90 Å². The molecule has 0 spiro atoms. The van der Waals surface area contributed by atoms with Gasteiger partial charge in [-0.3, -0.25) is 4.90 Å². The summed E-state index contributed by atoms with van der Waals surface area (Å²) < 4.78 is 43.6. The Balaban J connectivity index is 1.47. The van der Waals surface area contributed by atoms with Crippen molar-refractivity contribution in [1.29, 1.82) is 0 Å². The van der Waals surface area contributed by atoms with E-state index in [1.54, 1.807) is 24.3 Å². The maximum Gasteiger partial charge on any atom is 0.417 e. The molecule has 1 unspecified atom stereocenters. The van der Waals surface area contributed by atoms with Gasteiger partial charge in [-0.25, -0.2) is 4.98 Å². The molecule has 0 bridgehead atoms. The van der Waals surface area contributed by atoms with Crippen LogP contribution in [0.25, 0.3) is 0 Å². The molecule has 5 nitrogen and oxygen atoms in total. The van der Waals surface area contributed by atoms with E-state index in [-0.39, 0.29) is 6.61 Å². The van der Waals surface area contributed by atoms with E-state index < -0.39 is 17.8 Å². The Bertz CT molecular complexity index is 772. The SMILES string of the molecule is OC(COc1ccc(Cl)cc1)CN1CCCN(c2ccc(C(F)(F)F)cn2)CC1. The first-order valence-electron chi connectivity index (χ1n) is 9.38. The summed E-state index contributed by atoms with van der Waals surface area (Å²) in [6, 6.07) is 9.41. The molecule has 29 heavy (non-hydrogen) atoms. The number of pyridine rings is 1. The Morgan fingerprint density at radius 3 is 2.48 bits per heavy atom. The molecule has 1 atom stereocenters. The minimum atomic E-state index is -4.38. The summed E-state index contributed by atoms with van der Waals surface area (Å²) in [4.78, 5) is 8.07. The van der Waals surface area contributed by atoms with Crippen molar-refractivity contribution in [1.82, 2.24) is 9.88 Å². The molecule has 3 rings (SSSR count). The van der Waals surface area contributed by atoms with Crippen LogP contribution < -0.4 is 9.64 Å². The predicted octanol–water partition coefficient (Wildman–Crippen LogP) is 3.71. The zero-order valence-electron chi connectivity index (χ0n) is 15.8. The minimum Gasteiger partial charge on any atom is -0.491 e. The number of aliphatic hydroxyl groups is 1. The number of halogens is 4. The molecule has 1 fully saturated rings. The van der Waals surface area contributed by atoms with Crippen LogP contribution in [0.3, 0.4) is 0 Å². The largest absolute Gasteiger partial charge is 0.491 e. The molecule has 0 radical (unpaired) electrons. The van der Waals surface area contributed by atoms with Crippen molar-refractivity contribution in [3.63, 3.8) is 0 Å². The molecule has 1 saturated heterocycles. The van der Waals surface area contributed by atoms with Crippen LogP contribution in [0.2, 0.25) is 5.02 Å². The van der Waals surface area contributed by atoms with Crippen molar-refractivity contribution in [3.05, 3.63) is 53.2 Å². The number of ether oxygens (including phenoxy) is 1. The van der Waals surface area contributed by atoms with E-state index >= 15 is 0 Å². The zero-order chi connectivity index (χ0) is 20.9. The molecule has 0 amide bonds. The Hall–Kier alpha value is -2.03. The first kappa shape index (κ1) is 21.7. The van der Waals surface area contributed by atoms with Gasteiger partial charge in [-0.15, -0.1) is 0 Å². The topological polar surface area (TPSA) is 48.8 Å². The maximum absolute atomic E-state index is 12.7. The highest BCUT2D eigenvalue weighted by molar-refractivity contribution is 6.30. The molecule has 0 saturated carbocycles. The van der Waals surface area contributed by atoms with E-state index in [0.717, 1.165) is 25.2 Å². The molecule has 1 aliphatic rings. The summed E-state index contributed by atoms with van der Waals surface area (Å²) >= 11 is 5.83. The van der Waals surface area contributed by atoms with Gasteiger partial charge in [-0.1, -0.05) is 11.6 Å². The number of hydrogen-bond acceptors (Lipinski definition) is 5. The van der Waals surface area contributed by atoms with Crippen LogP contribution in [0.4, 0.5) is 19.0 Å². The highest BCUT2D eigenvalue weighted by atomic mass is 35.5. The number of nitrogens with zero attached hydrogens (tertiary/aromatic N) is 3. The van der Waals surface area contributed by atoms with Crippen LogP contribution in [0, 0.1) is 0 Å². The number of β-amino-alcohol motifs (C(OH)–C–C–N with tert-alkyl or cyclic N) is 1. The average molecular weight is 430 g/mol. The molecule has 158 valence electrons. The van der Waals surface area contributed by atoms with E-state index in [9.17, 15) is 18.3 Å². The van der Waals surface area contributed by atoms with Gasteiger partial charge in [-0.05, 0) is 49.4 Å². The van der Waals surface area contributed by atoms with Crippen LogP contribution in [0.5, 0.6) is 5.75 Å². The summed E-state index contributed by atoms with van der Waals surface area (Å²) in [5.74, 6) is 1.18. The van der Waals surface area contributed by atoms with Crippen molar-refractivity contribution in [2.45, 2.75) is 18.7 Å². The normalized spacial score (nSPS) is 17.1. The molecule has 0 aliphatic carbocycles. The lowest BCUT2D eigenvalue weighted by molar-refractivity contribution is -0.137. The summed E-state index contributed by atoms with van der Waals surface area (Å²) in [6.45, 7) is 3.43. The number of hydrogen-bond donors (Lipinski definition) is 1. The van der Waals surface area contributed by atoms with Crippen molar-refractivity contribution in [2.24, 2.45) is 0 Å². The van der Waals surface area contributed by atoms with Gasteiger partial charge in [0.25, 0.3) is 0 Å². The van der Waals surface area contributed by atoms with Gasteiger partial charge < -0.3 is 14.7 Å². The lowest BCUT2D eigenvalue weighted by atomic mass is 10.2. The van der Waals surface area contributed by atoms with E-state index in [1.165, 1.54) is 6.07 Å². The highest BCUT2D eigenvalue weighted by Gasteiger charge is 2.31. The number of aliphatic hydroxyl groups excluding tert-OH is 1. The van der Waals surface area contributed by atoms with Crippen molar-refractivity contribution >= 4 is 17.4 Å². The van der Waals surface area contributed by atoms with E-state index in [2.05, 4.69) is 9.88 Å². The van der Waals surface area contributed by atoms with Gasteiger partial charge in [-0.2, -0.15) is 13.2 Å². The molecule has 2 aromatic rings. The molecule has 1 aromatic carbocycles. The van der Waals surface area contributed by atoms with Gasteiger partial charge in [0.15, 0.2) is 0 Å². The zero-order valence-corrected chi connectivity index (χ0v) is 16.5. The van der Waals surface area contributed by atoms with Crippen molar-refractivity contribution in [2.75, 3.05) is 44.2 Å². The third kappa shape index (κ3) is 6.48. The van der Waals surface area contributed by atoms with E-state index in [0.29, 0.717) is 42.8 Å². The van der Waals surface area contributed by atoms with Gasteiger partial charge >= 0.3 is 6.18 Å². The molecular formula is C20H23ClF3N3O2. The van der Waals surface area contributed by atoms with Crippen LogP contribution in [0.15, 0.2) is 42.6 Å². The van der Waals surface area contributed by atoms with Gasteiger partial charge in [0.2, 0.25) is 0 Å². The number of anilines is 1. The first-order chi connectivity index (χ1) is 13.8. The minimum absolute atomic E-state index is 0.169. The lowest BCUT2D eigenvalue weighted by Crippen LogP contribution is -2.38. The fourth-order valence-corrected chi connectivity index (χ4v) is 3.32. The molecule has 9 heteroatoms. The highest BCUT2D eigenvalue weighted by Crippen LogP contribution is 2.29. The third-order valence-corrected chi connectivity index (χ3v) is 4.96. The number of rotatable bonds is 6. The third-order valence-electron chi connectivity index (χ3n) is 4.71. The predicted molar refractivity (Wildman–Crippen MR) is 105 cm³/mol. The van der Waals surface area contributed by atoms with Gasteiger partial charge in [0.05, 0.1) is 5.56 Å². The monoisotopic (exact) mass is 429 g/mol. The van der Waals surface area contributed by atoms with Crippen LogP contribution in [-0.4, -0.2) is 60.4 Å². The van der Waals surface area contributed by atoms with Crippen LogP contribution >= 0.6 is 11.6 Å². The fourth-order valence-electron chi connectivity index (χ4n) is 3.20. The quantitative estimate of drug-likeness (QED) is 0.758. The summed E-state index contributed by atoms with van der Waals surface area (Å²) in [6.07, 6.45) is -3.34. The van der Waals surface area contributed by atoms with Gasteiger partial charge in [0.1, 0.15) is 24.3 Å². The molecule has 1 N–H and O–H groups in total. The molecular weight excluding hydrogens is 407 g/mol. The first-order valence-corrected chi connectivity index (χ1v) is 9.76. The average Bonchev–Trinajstić information content (AvgIpc) is 2.92. The Morgan fingerprint density at radius 2 is 1.83 bits per heavy atom. The summed E-state index contributed by atoms with van der Waals surface area (Å²) in [5, 5.41) is 10.9. The Labute approximate surface area is 172 Å². The smallest absolute Gasteiger partial charge is 0.417 e. The van der Waals surface area contributed by atoms with E-state index in [4.69, 9.17) is 16.3 Å². The summed E-state index contributed by atoms with van der Waals surface area (Å²) in [7, 11) is 0. The fraction of sp³-hybridized carbons (Fsp3) is 0.450. The Morgan fingerprint density at radius 1 is 1.07 bits per heavy atom.